The maximum absolute atomic E-state index is 12.3. The third-order valence-electron chi connectivity index (χ3n) is 5.41. The molecule has 0 aromatic carbocycles. The molecular formula is C20H33N5O5. The third-order valence-corrected chi connectivity index (χ3v) is 5.41. The molecule has 30 heavy (non-hydrogen) atoms. The van der Waals surface area contributed by atoms with Gasteiger partial charge in [-0.1, -0.05) is 0 Å². The molecule has 3 rings (SSSR count). The molecule has 0 spiro atoms. The molecule has 168 valence electrons. The summed E-state index contributed by atoms with van der Waals surface area (Å²) in [5, 5.41) is 18.8. The van der Waals surface area contributed by atoms with E-state index in [4.69, 9.17) is 9.15 Å². The highest BCUT2D eigenvalue weighted by Gasteiger charge is 2.35. The van der Waals surface area contributed by atoms with Crippen molar-refractivity contribution in [2.75, 3.05) is 26.2 Å². The number of ether oxygens (including phenoxy) is 1. The summed E-state index contributed by atoms with van der Waals surface area (Å²) >= 11 is 0. The first-order chi connectivity index (χ1) is 14.2. The van der Waals surface area contributed by atoms with Crippen molar-refractivity contribution in [1.29, 1.82) is 0 Å². The molecule has 1 aromatic heterocycles. The molecule has 1 atom stereocenters. The van der Waals surface area contributed by atoms with Crippen molar-refractivity contribution in [3.05, 3.63) is 11.8 Å². The van der Waals surface area contributed by atoms with Gasteiger partial charge in [-0.2, -0.15) is 0 Å². The lowest BCUT2D eigenvalue weighted by atomic mass is 9.94. The fraction of sp³-hybridized carbons (Fsp3) is 0.800. The van der Waals surface area contributed by atoms with Crippen LogP contribution in [0.1, 0.15) is 71.2 Å². The fourth-order valence-corrected chi connectivity index (χ4v) is 3.85. The molecule has 0 bridgehead atoms. The Kier molecular flexibility index (Phi) is 6.84. The Bertz CT molecular complexity index is 740. The highest BCUT2D eigenvalue weighted by Crippen LogP contribution is 2.29. The fourth-order valence-electron chi connectivity index (χ4n) is 3.85. The summed E-state index contributed by atoms with van der Waals surface area (Å²) in [6.07, 6.45) is 3.60. The Hall–Kier alpha value is -2.36. The Labute approximate surface area is 177 Å². The lowest BCUT2D eigenvalue weighted by molar-refractivity contribution is -0.0527. The molecule has 10 nitrogen and oxygen atoms in total. The molecule has 10 heteroatoms. The molecule has 1 aromatic rings. The van der Waals surface area contributed by atoms with Crippen LogP contribution in [-0.2, 0) is 11.2 Å². The van der Waals surface area contributed by atoms with Crippen molar-refractivity contribution in [2.24, 2.45) is 5.92 Å². The third kappa shape index (κ3) is 5.41. The number of hydrogen-bond acceptors (Lipinski definition) is 7. The topological polar surface area (TPSA) is 112 Å². The summed E-state index contributed by atoms with van der Waals surface area (Å²) in [7, 11) is 0. The molecule has 2 aliphatic rings. The number of amides is 3. The van der Waals surface area contributed by atoms with Gasteiger partial charge in [-0.15, -0.1) is 10.2 Å². The number of hydrogen-bond donors (Lipinski definition) is 1. The highest BCUT2D eigenvalue weighted by molar-refractivity contribution is 5.73. The highest BCUT2D eigenvalue weighted by atomic mass is 16.6. The summed E-state index contributed by atoms with van der Waals surface area (Å²) in [5.74, 6) is 1.45. The van der Waals surface area contributed by atoms with Gasteiger partial charge >= 0.3 is 12.1 Å². The van der Waals surface area contributed by atoms with Crippen LogP contribution in [0.5, 0.6) is 0 Å². The summed E-state index contributed by atoms with van der Waals surface area (Å²) in [6.45, 7) is 9.65. The SMILES string of the molecule is CCN1C(=O)N(O)CCC[C@H]1c1nnc(CCCC2CN(C(=O)OC(C)(C)C)C2)o1. The molecule has 0 aliphatic carbocycles. The van der Waals surface area contributed by atoms with E-state index in [1.165, 1.54) is 0 Å². The average molecular weight is 424 g/mol. The van der Waals surface area contributed by atoms with Crippen molar-refractivity contribution in [3.8, 4) is 0 Å². The van der Waals surface area contributed by atoms with Gasteiger partial charge in [0.1, 0.15) is 11.6 Å². The Morgan fingerprint density at radius 2 is 2.03 bits per heavy atom. The van der Waals surface area contributed by atoms with Crippen molar-refractivity contribution in [2.45, 2.75) is 71.4 Å². The number of carbonyl (C=O) groups is 2. The predicted molar refractivity (Wildman–Crippen MR) is 107 cm³/mol. The number of nitrogens with zero attached hydrogens (tertiary/aromatic N) is 5. The van der Waals surface area contributed by atoms with E-state index in [9.17, 15) is 14.8 Å². The van der Waals surface area contributed by atoms with Gasteiger partial charge in [0.05, 0.1) is 6.54 Å². The van der Waals surface area contributed by atoms with Crippen molar-refractivity contribution < 1.29 is 24.0 Å². The zero-order valence-corrected chi connectivity index (χ0v) is 18.3. The Balaban J connectivity index is 1.44. The standard InChI is InChI=1S/C20H33N5O5/c1-5-24-15(9-7-11-25(28)18(24)26)17-22-21-16(29-17)10-6-8-14-12-23(13-14)19(27)30-20(2,3)4/h14-15,28H,5-13H2,1-4H3/t15-/m0/s1. The molecule has 0 radical (unpaired) electrons. The van der Waals surface area contributed by atoms with Crippen LogP contribution < -0.4 is 0 Å². The molecule has 0 unspecified atom stereocenters. The number of hydroxylamine groups is 2. The van der Waals surface area contributed by atoms with Gasteiger partial charge in [0.25, 0.3) is 0 Å². The maximum Gasteiger partial charge on any atom is 0.410 e. The number of urea groups is 1. The van der Waals surface area contributed by atoms with Gasteiger partial charge in [-0.25, -0.2) is 14.7 Å². The summed E-state index contributed by atoms with van der Waals surface area (Å²) in [5.41, 5.74) is -0.470. The number of likely N-dealkylation sites (tertiary alicyclic amines) is 1. The second-order valence-electron chi connectivity index (χ2n) is 9.03. The van der Waals surface area contributed by atoms with Crippen LogP contribution in [0.25, 0.3) is 0 Å². The molecular weight excluding hydrogens is 390 g/mol. The average Bonchev–Trinajstić information content (AvgIpc) is 3.03. The quantitative estimate of drug-likeness (QED) is 0.699. The minimum absolute atomic E-state index is 0.250. The first-order valence-electron chi connectivity index (χ1n) is 10.7. The lowest BCUT2D eigenvalue weighted by Gasteiger charge is -2.39. The van der Waals surface area contributed by atoms with Crippen LogP contribution in [0.3, 0.4) is 0 Å². The van der Waals surface area contributed by atoms with Crippen LogP contribution in [0.15, 0.2) is 4.42 Å². The lowest BCUT2D eigenvalue weighted by Crippen LogP contribution is -2.51. The molecule has 2 aliphatic heterocycles. The minimum atomic E-state index is -0.470. The molecule has 0 saturated carbocycles. The molecule has 3 heterocycles. The second kappa shape index (κ2) is 9.20. The Morgan fingerprint density at radius 3 is 2.70 bits per heavy atom. The zero-order chi connectivity index (χ0) is 21.9. The van der Waals surface area contributed by atoms with E-state index >= 15 is 0 Å². The van der Waals surface area contributed by atoms with E-state index in [0.29, 0.717) is 50.1 Å². The van der Waals surface area contributed by atoms with Crippen molar-refractivity contribution >= 4 is 12.1 Å². The van der Waals surface area contributed by atoms with Gasteiger partial charge in [-0.3, -0.25) is 5.21 Å². The Morgan fingerprint density at radius 1 is 1.30 bits per heavy atom. The predicted octanol–water partition coefficient (Wildman–Crippen LogP) is 3.23. The summed E-state index contributed by atoms with van der Waals surface area (Å²) in [4.78, 5) is 27.5. The first kappa shape index (κ1) is 22.3. The van der Waals surface area contributed by atoms with Crippen LogP contribution in [-0.4, -0.2) is 74.2 Å². The summed E-state index contributed by atoms with van der Waals surface area (Å²) in [6, 6.07) is -0.741. The molecule has 2 fully saturated rings. The van der Waals surface area contributed by atoms with E-state index in [-0.39, 0.29) is 12.1 Å². The van der Waals surface area contributed by atoms with Gasteiger partial charge in [0.2, 0.25) is 11.8 Å². The second-order valence-corrected chi connectivity index (χ2v) is 9.03. The maximum atomic E-state index is 12.3. The van der Waals surface area contributed by atoms with Gasteiger partial charge in [0, 0.05) is 26.1 Å². The minimum Gasteiger partial charge on any atom is -0.444 e. The molecule has 1 N–H and O–H groups in total. The van der Waals surface area contributed by atoms with Crippen molar-refractivity contribution in [1.82, 2.24) is 25.1 Å². The monoisotopic (exact) mass is 423 g/mol. The van der Waals surface area contributed by atoms with E-state index in [1.807, 2.05) is 27.7 Å². The molecule has 2 saturated heterocycles. The van der Waals surface area contributed by atoms with Gasteiger partial charge in [0.15, 0.2) is 0 Å². The number of rotatable bonds is 6. The number of carbonyl (C=O) groups excluding carboxylic acids is 2. The van der Waals surface area contributed by atoms with Crippen LogP contribution in [0, 0.1) is 5.92 Å². The zero-order valence-electron chi connectivity index (χ0n) is 18.3. The van der Waals surface area contributed by atoms with E-state index in [2.05, 4.69) is 10.2 Å². The number of aryl methyl sites for hydroxylation is 1. The number of aromatic nitrogens is 2. The first-order valence-corrected chi connectivity index (χ1v) is 10.7. The van der Waals surface area contributed by atoms with Crippen molar-refractivity contribution in [3.63, 3.8) is 0 Å². The van der Waals surface area contributed by atoms with Gasteiger partial charge < -0.3 is 19.0 Å². The van der Waals surface area contributed by atoms with E-state index < -0.39 is 11.6 Å². The molecule has 3 amide bonds. The smallest absolute Gasteiger partial charge is 0.410 e. The van der Waals surface area contributed by atoms with Crippen LogP contribution in [0.2, 0.25) is 0 Å². The van der Waals surface area contributed by atoms with E-state index in [0.717, 1.165) is 31.0 Å². The van der Waals surface area contributed by atoms with Crippen LogP contribution >= 0.6 is 0 Å². The van der Waals surface area contributed by atoms with Gasteiger partial charge in [-0.05, 0) is 59.3 Å². The largest absolute Gasteiger partial charge is 0.444 e. The summed E-state index contributed by atoms with van der Waals surface area (Å²) < 4.78 is 11.2. The van der Waals surface area contributed by atoms with Crippen LogP contribution in [0.4, 0.5) is 9.59 Å². The van der Waals surface area contributed by atoms with E-state index in [1.54, 1.807) is 9.80 Å². The normalized spacial score (nSPS) is 20.9.